The fourth-order valence-electron chi connectivity index (χ4n) is 5.78. The van der Waals surface area contributed by atoms with E-state index >= 15 is 0 Å². The van der Waals surface area contributed by atoms with Crippen molar-refractivity contribution < 1.29 is 14.3 Å². The number of piperidine rings is 1. The Morgan fingerprint density at radius 1 is 1.03 bits per heavy atom. The Balaban J connectivity index is 1.50. The number of ether oxygens (including phenoxy) is 1. The molecule has 2 aliphatic rings. The lowest BCUT2D eigenvalue weighted by Crippen LogP contribution is -2.53. The summed E-state index contributed by atoms with van der Waals surface area (Å²) >= 11 is 0. The molecule has 4 rings (SSSR count). The number of hydrogen-bond donors (Lipinski definition) is 1. The molecule has 1 N–H and O–H groups in total. The van der Waals surface area contributed by atoms with E-state index in [9.17, 15) is 9.59 Å². The molecule has 2 heterocycles. The van der Waals surface area contributed by atoms with E-state index in [2.05, 4.69) is 31.3 Å². The first-order valence-corrected chi connectivity index (χ1v) is 13.7. The van der Waals surface area contributed by atoms with Crippen LogP contribution in [0.5, 0.6) is 5.75 Å². The summed E-state index contributed by atoms with van der Waals surface area (Å²) in [6.07, 6.45) is 7.38. The molecule has 0 aliphatic carbocycles. The average molecular weight is 491 g/mol. The Labute approximate surface area is 216 Å². The van der Waals surface area contributed by atoms with Crippen LogP contribution in [0.25, 0.3) is 0 Å². The Morgan fingerprint density at radius 2 is 1.75 bits per heavy atom. The van der Waals surface area contributed by atoms with Gasteiger partial charge in [-0.2, -0.15) is 0 Å². The van der Waals surface area contributed by atoms with Gasteiger partial charge in [0.25, 0.3) is 5.91 Å². The number of fused-ring (bicyclic) bond motifs is 1. The Morgan fingerprint density at radius 3 is 2.50 bits per heavy atom. The van der Waals surface area contributed by atoms with Gasteiger partial charge in [0, 0.05) is 18.7 Å². The quantitative estimate of drug-likeness (QED) is 0.579. The van der Waals surface area contributed by atoms with Crippen LogP contribution < -0.4 is 10.1 Å². The number of rotatable bonds is 3. The first-order valence-electron chi connectivity index (χ1n) is 13.7. The molecule has 1 saturated heterocycles. The van der Waals surface area contributed by atoms with Crippen molar-refractivity contribution in [2.75, 3.05) is 19.7 Å². The van der Waals surface area contributed by atoms with Crippen molar-refractivity contribution in [3.63, 3.8) is 0 Å². The summed E-state index contributed by atoms with van der Waals surface area (Å²) in [5.74, 6) is 1.62. The molecule has 0 radical (unpaired) electrons. The molecule has 0 unspecified atom stereocenters. The lowest BCUT2D eigenvalue weighted by atomic mass is 9.73. The molecule has 194 valence electrons. The number of carbonyl (C=O) groups excluding carboxylic acids is 2. The molecule has 2 aliphatic heterocycles. The van der Waals surface area contributed by atoms with Crippen molar-refractivity contribution in [2.24, 2.45) is 11.3 Å². The minimum atomic E-state index is -0.418. The largest absolute Gasteiger partial charge is 0.491 e. The molecule has 0 bridgehead atoms. The maximum atomic E-state index is 13.9. The number of amides is 2. The minimum absolute atomic E-state index is 0.0326. The van der Waals surface area contributed by atoms with Gasteiger partial charge in [0.2, 0.25) is 5.91 Å². The summed E-state index contributed by atoms with van der Waals surface area (Å²) in [4.78, 5) is 29.0. The van der Waals surface area contributed by atoms with Crippen molar-refractivity contribution in [3.8, 4) is 5.75 Å². The summed E-state index contributed by atoms with van der Waals surface area (Å²) < 4.78 is 6.28. The second-order valence-corrected chi connectivity index (χ2v) is 11.2. The fourth-order valence-corrected chi connectivity index (χ4v) is 5.78. The minimum Gasteiger partial charge on any atom is -0.491 e. The highest BCUT2D eigenvalue weighted by molar-refractivity contribution is 5.96. The molecule has 36 heavy (non-hydrogen) atoms. The van der Waals surface area contributed by atoms with Crippen LogP contribution >= 0.6 is 0 Å². The standard InChI is InChI=1S/C31H42N2O3/c1-23(2)21-26-22-36-28-15-9-7-13-25(28)12-5-4-10-16-31(30(35)32-26)17-19-33(20-18-31)29(34)27-14-8-6-11-24(27)3/h6-9,11,13-15,23,26H,4-5,10,12,16-22H2,1-3H3,(H,32,35)/t26-/m0/s1. The highest BCUT2D eigenvalue weighted by Crippen LogP contribution is 2.38. The van der Waals surface area contributed by atoms with Crippen LogP contribution in [0.3, 0.4) is 0 Å². The highest BCUT2D eigenvalue weighted by Gasteiger charge is 2.42. The number of nitrogens with one attached hydrogen (secondary N) is 1. The lowest BCUT2D eigenvalue weighted by Gasteiger charge is -2.41. The third kappa shape index (κ3) is 6.29. The number of nitrogens with zero attached hydrogens (tertiary/aromatic N) is 1. The van der Waals surface area contributed by atoms with Gasteiger partial charge in [-0.1, -0.05) is 63.1 Å². The van der Waals surface area contributed by atoms with Crippen molar-refractivity contribution in [3.05, 3.63) is 65.2 Å². The second kappa shape index (κ2) is 11.9. The van der Waals surface area contributed by atoms with E-state index in [0.29, 0.717) is 38.5 Å². The summed E-state index contributed by atoms with van der Waals surface area (Å²) in [6, 6.07) is 16.0. The summed E-state index contributed by atoms with van der Waals surface area (Å²) in [7, 11) is 0. The van der Waals surface area contributed by atoms with Crippen molar-refractivity contribution >= 4 is 11.8 Å². The second-order valence-electron chi connectivity index (χ2n) is 11.2. The zero-order valence-corrected chi connectivity index (χ0v) is 22.2. The molecule has 1 fully saturated rings. The van der Waals surface area contributed by atoms with Gasteiger partial charge in [-0.05, 0) is 74.6 Å². The predicted molar refractivity (Wildman–Crippen MR) is 144 cm³/mol. The molecule has 2 aromatic carbocycles. The van der Waals surface area contributed by atoms with E-state index in [1.54, 1.807) is 0 Å². The first kappa shape index (κ1) is 26.2. The topological polar surface area (TPSA) is 58.6 Å². The Kier molecular flexibility index (Phi) is 8.71. The number of benzene rings is 2. The van der Waals surface area contributed by atoms with E-state index in [1.165, 1.54) is 5.56 Å². The van der Waals surface area contributed by atoms with Gasteiger partial charge in [-0.25, -0.2) is 0 Å². The normalized spacial score (nSPS) is 20.9. The molecule has 5 nitrogen and oxygen atoms in total. The fraction of sp³-hybridized carbons (Fsp3) is 0.548. The summed E-state index contributed by atoms with van der Waals surface area (Å²) in [6.45, 7) is 8.08. The molecule has 0 saturated carbocycles. The van der Waals surface area contributed by atoms with Gasteiger partial charge >= 0.3 is 0 Å². The monoisotopic (exact) mass is 490 g/mol. The molecule has 0 aromatic heterocycles. The van der Waals surface area contributed by atoms with E-state index in [1.807, 2.05) is 48.2 Å². The zero-order valence-electron chi connectivity index (χ0n) is 22.2. The number of hydrogen-bond acceptors (Lipinski definition) is 3. The van der Waals surface area contributed by atoms with Crippen LogP contribution in [0.15, 0.2) is 48.5 Å². The number of aryl methyl sites for hydroxylation is 2. The molecule has 1 atom stereocenters. The van der Waals surface area contributed by atoms with Crippen LogP contribution in [-0.4, -0.2) is 42.5 Å². The van der Waals surface area contributed by atoms with Crippen molar-refractivity contribution in [2.45, 2.75) is 78.2 Å². The van der Waals surface area contributed by atoms with Gasteiger partial charge in [0.05, 0.1) is 11.5 Å². The van der Waals surface area contributed by atoms with Gasteiger partial charge in [-0.15, -0.1) is 0 Å². The summed E-state index contributed by atoms with van der Waals surface area (Å²) in [5, 5.41) is 3.40. The smallest absolute Gasteiger partial charge is 0.254 e. The van der Waals surface area contributed by atoms with Gasteiger partial charge in [-0.3, -0.25) is 9.59 Å². The van der Waals surface area contributed by atoms with Crippen LogP contribution in [0.1, 0.15) is 80.3 Å². The molecule has 1 spiro atoms. The number of carbonyl (C=O) groups is 2. The van der Waals surface area contributed by atoms with Gasteiger partial charge in [0.1, 0.15) is 12.4 Å². The SMILES string of the molecule is Cc1ccccc1C(=O)N1CCC2(CCCCCc3ccccc3OC[C@H](CC(C)C)NC2=O)CC1. The Bertz CT molecular complexity index is 1040. The lowest BCUT2D eigenvalue weighted by molar-refractivity contribution is -0.135. The maximum absolute atomic E-state index is 13.9. The van der Waals surface area contributed by atoms with Crippen molar-refractivity contribution in [1.82, 2.24) is 10.2 Å². The highest BCUT2D eigenvalue weighted by atomic mass is 16.5. The van der Waals surface area contributed by atoms with E-state index in [0.717, 1.165) is 55.4 Å². The molecule has 5 heteroatoms. The number of para-hydroxylation sites is 1. The van der Waals surface area contributed by atoms with Crippen LogP contribution in [0.4, 0.5) is 0 Å². The Hall–Kier alpha value is -2.82. The average Bonchev–Trinajstić information content (AvgIpc) is 2.88. The molecule has 2 aromatic rings. The van der Waals surface area contributed by atoms with E-state index < -0.39 is 5.41 Å². The molecule has 2 amide bonds. The van der Waals surface area contributed by atoms with Crippen LogP contribution in [0, 0.1) is 18.3 Å². The van der Waals surface area contributed by atoms with Gasteiger partial charge < -0.3 is 15.0 Å². The van der Waals surface area contributed by atoms with E-state index in [4.69, 9.17) is 4.74 Å². The van der Waals surface area contributed by atoms with Crippen molar-refractivity contribution in [1.29, 1.82) is 0 Å². The van der Waals surface area contributed by atoms with Gasteiger partial charge in [0.15, 0.2) is 0 Å². The molecular weight excluding hydrogens is 448 g/mol. The molecular formula is C31H42N2O3. The first-order chi connectivity index (χ1) is 17.4. The third-order valence-electron chi connectivity index (χ3n) is 7.97. The number of likely N-dealkylation sites (tertiary alicyclic amines) is 1. The van der Waals surface area contributed by atoms with Crippen LogP contribution in [-0.2, 0) is 11.2 Å². The van der Waals surface area contributed by atoms with E-state index in [-0.39, 0.29) is 17.9 Å². The zero-order chi connectivity index (χ0) is 25.5. The predicted octanol–water partition coefficient (Wildman–Crippen LogP) is 5.94. The summed E-state index contributed by atoms with van der Waals surface area (Å²) in [5.41, 5.74) is 2.60. The third-order valence-corrected chi connectivity index (χ3v) is 7.97. The van der Waals surface area contributed by atoms with Crippen LogP contribution in [0.2, 0.25) is 0 Å². The maximum Gasteiger partial charge on any atom is 0.254 e.